The number of hydrogen-bond donors (Lipinski definition) is 1. The maximum atomic E-state index is 10.9. The van der Waals surface area contributed by atoms with Crippen LogP contribution in [0.25, 0.3) is 0 Å². The highest BCUT2D eigenvalue weighted by Crippen LogP contribution is 1.90. The Morgan fingerprint density at radius 2 is 2.58 bits per heavy atom. The van der Waals surface area contributed by atoms with Gasteiger partial charge in [-0.25, -0.2) is 0 Å². The van der Waals surface area contributed by atoms with Crippen LogP contribution in [-0.2, 0) is 11.3 Å². The third kappa shape index (κ3) is 3.00. The molecule has 0 saturated carbocycles. The van der Waals surface area contributed by atoms with E-state index in [4.69, 9.17) is 0 Å². The van der Waals surface area contributed by atoms with Gasteiger partial charge in [0, 0.05) is 11.8 Å². The molecule has 0 spiro atoms. The minimum Gasteiger partial charge on any atom is -0.349 e. The summed E-state index contributed by atoms with van der Waals surface area (Å²) in [6.07, 6.45) is 1.68. The fourth-order valence-corrected chi connectivity index (χ4v) is 0.982. The van der Waals surface area contributed by atoms with Crippen LogP contribution in [0.4, 0.5) is 0 Å². The van der Waals surface area contributed by atoms with Crippen LogP contribution in [0.2, 0.25) is 0 Å². The first-order valence-electron chi connectivity index (χ1n) is 3.41. The van der Waals surface area contributed by atoms with Crippen LogP contribution >= 0.6 is 15.9 Å². The molecule has 0 aliphatic carbocycles. The molecule has 0 saturated heterocycles. The maximum Gasteiger partial charge on any atom is 0.221 e. The van der Waals surface area contributed by atoms with Gasteiger partial charge >= 0.3 is 0 Å². The van der Waals surface area contributed by atoms with E-state index in [1.165, 1.54) is 6.39 Å². The molecule has 0 aliphatic rings. The Labute approximate surface area is 77.7 Å². The zero-order valence-corrected chi connectivity index (χ0v) is 7.87. The summed E-state index contributed by atoms with van der Waals surface area (Å²) in [6, 6.07) is 0. The molecule has 1 N–H and O–H groups in total. The average molecular weight is 234 g/mol. The lowest BCUT2D eigenvalue weighted by molar-refractivity contribution is -0.120. The summed E-state index contributed by atoms with van der Waals surface area (Å²) in [4.78, 5) is 14.7. The van der Waals surface area contributed by atoms with E-state index in [0.29, 0.717) is 24.1 Å². The van der Waals surface area contributed by atoms with E-state index in [-0.39, 0.29) is 5.91 Å². The molecule has 0 fully saturated rings. The summed E-state index contributed by atoms with van der Waals surface area (Å²) < 4.78 is 4.49. The van der Waals surface area contributed by atoms with Gasteiger partial charge in [0.15, 0.2) is 5.82 Å². The van der Waals surface area contributed by atoms with Gasteiger partial charge in [0.1, 0.15) is 0 Å². The quantitative estimate of drug-likeness (QED) is 0.769. The van der Waals surface area contributed by atoms with Crippen LogP contribution in [0.5, 0.6) is 0 Å². The van der Waals surface area contributed by atoms with Gasteiger partial charge in [0.05, 0.1) is 6.54 Å². The average Bonchev–Trinajstić information content (AvgIpc) is 2.53. The first kappa shape index (κ1) is 9.18. The molecule has 0 unspecified atom stereocenters. The second kappa shape index (κ2) is 4.87. The molecule has 1 aromatic rings. The minimum atomic E-state index is -0.0309. The normalized spacial score (nSPS) is 9.75. The lowest BCUT2D eigenvalue weighted by atomic mass is 10.4. The fraction of sp³-hybridized carbons (Fsp3) is 0.500. The molecule has 5 nitrogen and oxygen atoms in total. The van der Waals surface area contributed by atoms with Crippen molar-refractivity contribution in [1.29, 1.82) is 0 Å². The topological polar surface area (TPSA) is 68.0 Å². The third-order valence-corrected chi connectivity index (χ3v) is 1.57. The van der Waals surface area contributed by atoms with Crippen LogP contribution in [-0.4, -0.2) is 21.4 Å². The number of hydrogen-bond acceptors (Lipinski definition) is 4. The Kier molecular flexibility index (Phi) is 3.72. The van der Waals surface area contributed by atoms with Gasteiger partial charge in [-0.2, -0.15) is 4.98 Å². The largest absolute Gasteiger partial charge is 0.349 e. The van der Waals surface area contributed by atoms with Crippen molar-refractivity contribution in [2.45, 2.75) is 13.0 Å². The molecule has 0 atom stereocenters. The van der Waals surface area contributed by atoms with Gasteiger partial charge in [-0.3, -0.25) is 4.79 Å². The summed E-state index contributed by atoms with van der Waals surface area (Å²) in [5.74, 6) is 0.453. The van der Waals surface area contributed by atoms with Crippen molar-refractivity contribution in [3.05, 3.63) is 12.2 Å². The summed E-state index contributed by atoms with van der Waals surface area (Å²) in [7, 11) is 0. The smallest absolute Gasteiger partial charge is 0.221 e. The summed E-state index contributed by atoms with van der Waals surface area (Å²) in [6.45, 7) is 0.322. The summed E-state index contributed by atoms with van der Waals surface area (Å²) >= 11 is 3.16. The van der Waals surface area contributed by atoms with Crippen molar-refractivity contribution in [3.63, 3.8) is 0 Å². The molecule has 0 aliphatic heterocycles. The third-order valence-electron chi connectivity index (χ3n) is 1.17. The van der Waals surface area contributed by atoms with Crippen LogP contribution < -0.4 is 5.32 Å². The lowest BCUT2D eigenvalue weighted by Gasteiger charge is -1.98. The first-order chi connectivity index (χ1) is 5.83. The van der Waals surface area contributed by atoms with Crippen molar-refractivity contribution in [1.82, 2.24) is 15.5 Å². The first-order valence-corrected chi connectivity index (χ1v) is 4.53. The number of carbonyl (C=O) groups is 1. The number of nitrogens with zero attached hydrogens (tertiary/aromatic N) is 2. The molecule has 0 bridgehead atoms. The molecule has 0 aromatic carbocycles. The van der Waals surface area contributed by atoms with E-state index in [1.54, 1.807) is 0 Å². The number of carbonyl (C=O) groups excluding carboxylic acids is 1. The van der Waals surface area contributed by atoms with E-state index in [9.17, 15) is 4.79 Å². The number of alkyl halides is 1. The highest BCUT2D eigenvalue weighted by molar-refractivity contribution is 9.09. The van der Waals surface area contributed by atoms with E-state index < -0.39 is 0 Å². The number of rotatable bonds is 4. The Hall–Kier alpha value is -0.910. The maximum absolute atomic E-state index is 10.9. The molecular formula is C6H8BrN3O2. The molecule has 1 rings (SSSR count). The van der Waals surface area contributed by atoms with Gasteiger partial charge < -0.3 is 9.84 Å². The van der Waals surface area contributed by atoms with Crippen molar-refractivity contribution < 1.29 is 9.32 Å². The van der Waals surface area contributed by atoms with Crippen LogP contribution in [0.15, 0.2) is 10.9 Å². The Morgan fingerprint density at radius 3 is 3.17 bits per heavy atom. The highest BCUT2D eigenvalue weighted by Gasteiger charge is 2.01. The van der Waals surface area contributed by atoms with Gasteiger partial charge in [0.25, 0.3) is 0 Å². The van der Waals surface area contributed by atoms with E-state index >= 15 is 0 Å². The van der Waals surface area contributed by atoms with Crippen LogP contribution in [0.3, 0.4) is 0 Å². The zero-order chi connectivity index (χ0) is 8.81. The van der Waals surface area contributed by atoms with E-state index in [1.807, 2.05) is 0 Å². The number of aromatic nitrogens is 2. The van der Waals surface area contributed by atoms with Gasteiger partial charge in [-0.15, -0.1) is 0 Å². The second-order valence-electron chi connectivity index (χ2n) is 2.06. The van der Waals surface area contributed by atoms with E-state index in [0.717, 1.165) is 0 Å². The Balaban J connectivity index is 2.22. The monoisotopic (exact) mass is 233 g/mol. The summed E-state index contributed by atoms with van der Waals surface area (Å²) in [5, 5.41) is 6.83. The molecule has 0 radical (unpaired) electrons. The van der Waals surface area contributed by atoms with Crippen LogP contribution in [0.1, 0.15) is 12.2 Å². The number of amides is 1. The molecule has 12 heavy (non-hydrogen) atoms. The Morgan fingerprint density at radius 1 is 1.75 bits per heavy atom. The Bertz CT molecular complexity index is 237. The van der Waals surface area contributed by atoms with Gasteiger partial charge in [-0.1, -0.05) is 21.1 Å². The fourth-order valence-electron chi connectivity index (χ4n) is 0.622. The van der Waals surface area contributed by atoms with Gasteiger partial charge in [0.2, 0.25) is 12.3 Å². The van der Waals surface area contributed by atoms with Crippen molar-refractivity contribution >= 4 is 21.8 Å². The van der Waals surface area contributed by atoms with Crippen molar-refractivity contribution in [3.8, 4) is 0 Å². The zero-order valence-electron chi connectivity index (χ0n) is 6.29. The molecule has 1 aromatic heterocycles. The molecule has 1 amide bonds. The SMILES string of the molecule is O=C(CCBr)NCc1ncon1. The number of nitrogens with one attached hydrogen (secondary N) is 1. The van der Waals surface area contributed by atoms with Crippen molar-refractivity contribution in [2.75, 3.05) is 5.33 Å². The molecule has 1 heterocycles. The standard InChI is InChI=1S/C6H8BrN3O2/c7-2-1-6(11)8-3-5-9-4-12-10-5/h4H,1-3H2,(H,8,11). The molecule has 66 valence electrons. The summed E-state index contributed by atoms with van der Waals surface area (Å²) in [5.41, 5.74) is 0. The lowest BCUT2D eigenvalue weighted by Crippen LogP contribution is -2.23. The minimum absolute atomic E-state index is 0.0309. The van der Waals surface area contributed by atoms with Gasteiger partial charge in [-0.05, 0) is 0 Å². The van der Waals surface area contributed by atoms with Crippen LogP contribution in [0, 0.1) is 0 Å². The second-order valence-corrected chi connectivity index (χ2v) is 2.86. The predicted molar refractivity (Wildman–Crippen MR) is 44.6 cm³/mol. The number of halogens is 1. The molecule has 6 heteroatoms. The van der Waals surface area contributed by atoms with Crippen molar-refractivity contribution in [2.24, 2.45) is 0 Å². The molecular weight excluding hydrogens is 226 g/mol. The van der Waals surface area contributed by atoms with E-state index in [2.05, 4.69) is 35.9 Å². The highest BCUT2D eigenvalue weighted by atomic mass is 79.9. The predicted octanol–water partition coefficient (Wildman–Crippen LogP) is 0.471.